The Hall–Kier alpha value is -1.57. The predicted molar refractivity (Wildman–Crippen MR) is 73.2 cm³/mol. The second-order valence-corrected chi connectivity index (χ2v) is 5.77. The first-order valence-electron chi connectivity index (χ1n) is 7.24. The fourth-order valence-electron chi connectivity index (χ4n) is 2.84. The van der Waals surface area contributed by atoms with Crippen LogP contribution in [0.3, 0.4) is 0 Å². The number of aryl methyl sites for hydroxylation is 1. The molecule has 5 nitrogen and oxygen atoms in total. The lowest BCUT2D eigenvalue weighted by atomic mass is 10.1. The molecular formula is C14H20F3N3O2. The minimum absolute atomic E-state index is 0.0290. The molecule has 0 bridgehead atoms. The van der Waals surface area contributed by atoms with Gasteiger partial charge in [-0.25, -0.2) is 0 Å². The Morgan fingerprint density at radius 3 is 2.64 bits per heavy atom. The first kappa shape index (κ1) is 16.8. The summed E-state index contributed by atoms with van der Waals surface area (Å²) in [5.41, 5.74) is 1.27. The highest BCUT2D eigenvalue weighted by Crippen LogP contribution is 2.22. The zero-order chi connectivity index (χ0) is 16.5. The van der Waals surface area contributed by atoms with E-state index in [0.717, 1.165) is 17.5 Å². The molecule has 0 saturated heterocycles. The van der Waals surface area contributed by atoms with E-state index in [1.54, 1.807) is 6.92 Å². The van der Waals surface area contributed by atoms with Crippen molar-refractivity contribution in [2.24, 2.45) is 0 Å². The number of nitrogens with one attached hydrogen (secondary N) is 1. The highest BCUT2D eigenvalue weighted by atomic mass is 19.4. The van der Waals surface area contributed by atoms with E-state index in [0.29, 0.717) is 23.4 Å². The van der Waals surface area contributed by atoms with E-state index in [2.05, 4.69) is 10.4 Å². The molecule has 1 heterocycles. The summed E-state index contributed by atoms with van der Waals surface area (Å²) < 4.78 is 38.3. The number of carbonyl (C=O) groups excluding carboxylic acids is 1. The first-order valence-corrected chi connectivity index (χ1v) is 7.24. The Bertz CT molecular complexity index is 554. The molecule has 1 saturated carbocycles. The largest absolute Gasteiger partial charge is 0.408 e. The smallest absolute Gasteiger partial charge is 0.391 e. The van der Waals surface area contributed by atoms with Gasteiger partial charge in [0.25, 0.3) is 0 Å². The third-order valence-corrected chi connectivity index (χ3v) is 4.02. The molecule has 1 aromatic heterocycles. The SMILES string of the molecule is Cc1nn(CC(F)(F)F)c(C)c1CC(=O)N[C@@H]1CCC[C@@H]1O. The number of halogens is 3. The Balaban J connectivity index is 2.04. The van der Waals surface area contributed by atoms with Gasteiger partial charge >= 0.3 is 6.18 Å². The van der Waals surface area contributed by atoms with Gasteiger partial charge in [0.05, 0.1) is 24.3 Å². The number of alkyl halides is 3. The van der Waals surface area contributed by atoms with E-state index in [9.17, 15) is 23.1 Å². The van der Waals surface area contributed by atoms with Crippen molar-refractivity contribution in [1.29, 1.82) is 0 Å². The van der Waals surface area contributed by atoms with Gasteiger partial charge in [0.15, 0.2) is 0 Å². The predicted octanol–water partition coefficient (Wildman–Crippen LogP) is 1.63. The third-order valence-electron chi connectivity index (χ3n) is 4.02. The van der Waals surface area contributed by atoms with Gasteiger partial charge in [-0.3, -0.25) is 9.48 Å². The molecule has 1 aromatic rings. The van der Waals surface area contributed by atoms with E-state index in [-0.39, 0.29) is 18.4 Å². The zero-order valence-electron chi connectivity index (χ0n) is 12.6. The average molecular weight is 319 g/mol. The van der Waals surface area contributed by atoms with Crippen molar-refractivity contribution in [1.82, 2.24) is 15.1 Å². The highest BCUT2D eigenvalue weighted by Gasteiger charge is 2.31. The molecular weight excluding hydrogens is 299 g/mol. The van der Waals surface area contributed by atoms with Crippen LogP contribution in [0, 0.1) is 13.8 Å². The van der Waals surface area contributed by atoms with Crippen molar-refractivity contribution >= 4 is 5.91 Å². The van der Waals surface area contributed by atoms with Crippen molar-refractivity contribution in [3.8, 4) is 0 Å². The van der Waals surface area contributed by atoms with E-state index >= 15 is 0 Å². The average Bonchev–Trinajstić information content (AvgIpc) is 2.87. The molecule has 0 spiro atoms. The summed E-state index contributed by atoms with van der Waals surface area (Å²) >= 11 is 0. The molecule has 8 heteroatoms. The maximum Gasteiger partial charge on any atom is 0.408 e. The lowest BCUT2D eigenvalue weighted by Gasteiger charge is -2.16. The van der Waals surface area contributed by atoms with Crippen LogP contribution < -0.4 is 5.32 Å². The summed E-state index contributed by atoms with van der Waals surface area (Å²) in [5.74, 6) is -0.302. The van der Waals surface area contributed by atoms with Gasteiger partial charge < -0.3 is 10.4 Å². The Kier molecular flexibility index (Phi) is 4.79. The molecule has 124 valence electrons. The van der Waals surface area contributed by atoms with Crippen molar-refractivity contribution in [2.75, 3.05) is 0 Å². The number of amides is 1. The fraction of sp³-hybridized carbons (Fsp3) is 0.714. The van der Waals surface area contributed by atoms with E-state index in [1.807, 2.05) is 0 Å². The van der Waals surface area contributed by atoms with Crippen molar-refractivity contribution in [2.45, 2.75) is 64.4 Å². The maximum atomic E-state index is 12.5. The Morgan fingerprint density at radius 1 is 1.41 bits per heavy atom. The number of aliphatic hydroxyl groups is 1. The summed E-state index contributed by atoms with van der Waals surface area (Å²) in [6, 6.07) is -0.265. The topological polar surface area (TPSA) is 67.2 Å². The van der Waals surface area contributed by atoms with Crippen molar-refractivity contribution in [3.05, 3.63) is 17.0 Å². The monoisotopic (exact) mass is 319 g/mol. The van der Waals surface area contributed by atoms with Crippen molar-refractivity contribution in [3.63, 3.8) is 0 Å². The fourth-order valence-corrected chi connectivity index (χ4v) is 2.84. The van der Waals surface area contributed by atoms with Crippen LogP contribution in [0.25, 0.3) is 0 Å². The second kappa shape index (κ2) is 6.28. The van der Waals surface area contributed by atoms with Crippen LogP contribution in [-0.4, -0.2) is 39.1 Å². The van der Waals surface area contributed by atoms with E-state index in [1.165, 1.54) is 6.92 Å². The third kappa shape index (κ3) is 4.00. The molecule has 1 aliphatic carbocycles. The van der Waals surface area contributed by atoms with Gasteiger partial charge in [0.2, 0.25) is 5.91 Å². The summed E-state index contributed by atoms with van der Waals surface area (Å²) in [7, 11) is 0. The van der Waals surface area contributed by atoms with Crippen molar-refractivity contribution < 1.29 is 23.1 Å². The van der Waals surface area contributed by atoms with Crippen LogP contribution in [0.2, 0.25) is 0 Å². The quantitative estimate of drug-likeness (QED) is 0.886. The van der Waals surface area contributed by atoms with Gasteiger partial charge in [-0.15, -0.1) is 0 Å². The van der Waals surface area contributed by atoms with Crippen LogP contribution in [0.15, 0.2) is 0 Å². The molecule has 0 aliphatic heterocycles. The first-order chi connectivity index (χ1) is 10.2. The number of rotatable bonds is 4. The molecule has 2 atom stereocenters. The molecule has 1 amide bonds. The summed E-state index contributed by atoms with van der Waals surface area (Å²) in [4.78, 5) is 12.0. The molecule has 0 radical (unpaired) electrons. The molecule has 1 fully saturated rings. The van der Waals surface area contributed by atoms with Crippen LogP contribution >= 0.6 is 0 Å². The normalized spacial score (nSPS) is 22.1. The van der Waals surface area contributed by atoms with Crippen LogP contribution in [0.4, 0.5) is 13.2 Å². The minimum Gasteiger partial charge on any atom is -0.391 e. The number of aliphatic hydroxyl groups excluding tert-OH is 1. The number of carbonyl (C=O) groups is 1. The summed E-state index contributed by atoms with van der Waals surface area (Å²) in [6.45, 7) is 1.95. The minimum atomic E-state index is -4.35. The van der Waals surface area contributed by atoms with Gasteiger partial charge in [0.1, 0.15) is 6.54 Å². The second-order valence-electron chi connectivity index (χ2n) is 5.77. The van der Waals surface area contributed by atoms with Gasteiger partial charge in [-0.2, -0.15) is 18.3 Å². The van der Waals surface area contributed by atoms with E-state index in [4.69, 9.17) is 0 Å². The van der Waals surface area contributed by atoms with Crippen LogP contribution in [0.1, 0.15) is 36.2 Å². The summed E-state index contributed by atoms with van der Waals surface area (Å²) in [5, 5.41) is 16.3. The molecule has 22 heavy (non-hydrogen) atoms. The lowest BCUT2D eigenvalue weighted by Crippen LogP contribution is -2.40. The molecule has 1 aliphatic rings. The van der Waals surface area contributed by atoms with Crippen LogP contribution in [0.5, 0.6) is 0 Å². The number of nitrogens with zero attached hydrogens (tertiary/aromatic N) is 2. The summed E-state index contributed by atoms with van der Waals surface area (Å²) in [6.07, 6.45) is -2.69. The Morgan fingerprint density at radius 2 is 2.09 bits per heavy atom. The maximum absolute atomic E-state index is 12.5. The number of aromatic nitrogens is 2. The van der Waals surface area contributed by atoms with E-state index < -0.39 is 18.8 Å². The standard InChI is InChI=1S/C14H20F3N3O2/c1-8-10(9(2)20(19-8)7-14(15,16)17)6-13(22)18-11-4-3-5-12(11)21/h11-12,21H,3-7H2,1-2H3,(H,18,22)/t11-,12+/m1/s1. The molecule has 2 N–H and O–H groups in total. The van der Waals surface area contributed by atoms with Gasteiger partial charge in [-0.1, -0.05) is 0 Å². The number of hydrogen-bond acceptors (Lipinski definition) is 3. The molecule has 0 aromatic carbocycles. The lowest BCUT2D eigenvalue weighted by molar-refractivity contribution is -0.142. The van der Waals surface area contributed by atoms with Gasteiger partial charge in [0, 0.05) is 11.3 Å². The zero-order valence-corrected chi connectivity index (χ0v) is 12.6. The van der Waals surface area contributed by atoms with Crippen LogP contribution in [-0.2, 0) is 17.8 Å². The molecule has 2 rings (SSSR count). The van der Waals surface area contributed by atoms with Gasteiger partial charge in [-0.05, 0) is 33.1 Å². The number of hydrogen-bond donors (Lipinski definition) is 2. The highest BCUT2D eigenvalue weighted by molar-refractivity contribution is 5.79. The Labute approximate surface area is 126 Å². The molecule has 0 unspecified atom stereocenters.